The summed E-state index contributed by atoms with van der Waals surface area (Å²) in [7, 11) is 1.56. The molecule has 0 aliphatic carbocycles. The molecule has 6 heteroatoms. The summed E-state index contributed by atoms with van der Waals surface area (Å²) in [6.07, 6.45) is 0. The van der Waals surface area contributed by atoms with Crippen LogP contribution in [0.25, 0.3) is 0 Å². The van der Waals surface area contributed by atoms with Gasteiger partial charge in [0.15, 0.2) is 4.34 Å². The van der Waals surface area contributed by atoms with Gasteiger partial charge in [-0.1, -0.05) is 0 Å². The number of anilines is 1. The van der Waals surface area contributed by atoms with Gasteiger partial charge in [0.25, 0.3) is 0 Å². The Labute approximate surface area is 102 Å². The van der Waals surface area contributed by atoms with Crippen molar-refractivity contribution in [3.8, 4) is 5.88 Å². The highest BCUT2D eigenvalue weighted by Gasteiger charge is 2.06. The van der Waals surface area contributed by atoms with E-state index in [1.54, 1.807) is 24.5 Å². The Bertz CT molecular complexity index is 499. The largest absolute Gasteiger partial charge is 0.480 e. The maximum atomic E-state index is 5.69. The molecule has 4 nitrogen and oxygen atoms in total. The fraction of sp³-hybridized carbons (Fsp3) is 0.200. The summed E-state index contributed by atoms with van der Waals surface area (Å²) < 4.78 is 6.03. The lowest BCUT2D eigenvalue weighted by Crippen LogP contribution is -1.95. The van der Waals surface area contributed by atoms with Crippen LogP contribution in [0.5, 0.6) is 5.88 Å². The normalized spacial score (nSPS) is 10.4. The molecule has 0 unspecified atom stereocenters. The minimum Gasteiger partial charge on any atom is -0.480 e. The Hall–Kier alpha value is -1.27. The van der Waals surface area contributed by atoms with Crippen LogP contribution in [0.15, 0.2) is 26.9 Å². The number of hydrogen-bond donors (Lipinski definition) is 1. The van der Waals surface area contributed by atoms with E-state index in [1.807, 2.05) is 18.4 Å². The molecule has 2 aromatic heterocycles. The lowest BCUT2D eigenvalue weighted by atomic mass is 10.4. The van der Waals surface area contributed by atoms with Crippen LogP contribution in [0.3, 0.4) is 0 Å². The number of thiazole rings is 1. The van der Waals surface area contributed by atoms with Crippen molar-refractivity contribution in [3.63, 3.8) is 0 Å². The van der Waals surface area contributed by atoms with Gasteiger partial charge in [-0.3, -0.25) is 0 Å². The first-order chi connectivity index (χ1) is 7.69. The highest BCUT2D eigenvalue weighted by molar-refractivity contribution is 8.01. The first kappa shape index (κ1) is 11.2. The van der Waals surface area contributed by atoms with Crippen molar-refractivity contribution in [2.24, 2.45) is 0 Å². The first-order valence-corrected chi connectivity index (χ1v) is 6.29. The Morgan fingerprint density at radius 1 is 1.38 bits per heavy atom. The summed E-state index contributed by atoms with van der Waals surface area (Å²) in [4.78, 5) is 8.63. The SMILES string of the molecule is COc1nc(Sc2nc(C)cs2)ccc1N. The molecular weight excluding hydrogens is 242 g/mol. The summed E-state index contributed by atoms with van der Waals surface area (Å²) in [5, 5.41) is 2.84. The summed E-state index contributed by atoms with van der Waals surface area (Å²) in [5.74, 6) is 0.457. The fourth-order valence-corrected chi connectivity index (χ4v) is 2.87. The van der Waals surface area contributed by atoms with Gasteiger partial charge in [0, 0.05) is 11.1 Å². The number of nitrogens with two attached hydrogens (primary N) is 1. The number of hydrogen-bond acceptors (Lipinski definition) is 6. The average molecular weight is 253 g/mol. The molecule has 16 heavy (non-hydrogen) atoms. The molecule has 0 fully saturated rings. The molecule has 0 amide bonds. The molecule has 0 spiro atoms. The standard InChI is InChI=1S/C10H11N3OS2/c1-6-5-15-10(12-6)16-8-4-3-7(11)9(13-8)14-2/h3-5H,11H2,1-2H3. The van der Waals surface area contributed by atoms with E-state index in [-0.39, 0.29) is 0 Å². The van der Waals surface area contributed by atoms with Crippen LogP contribution in [0, 0.1) is 6.92 Å². The minimum atomic E-state index is 0.457. The lowest BCUT2D eigenvalue weighted by Gasteiger charge is -2.04. The van der Waals surface area contributed by atoms with Crippen molar-refractivity contribution in [2.45, 2.75) is 16.3 Å². The van der Waals surface area contributed by atoms with Gasteiger partial charge in [0.1, 0.15) is 5.03 Å². The topological polar surface area (TPSA) is 61.0 Å². The van der Waals surface area contributed by atoms with Crippen LogP contribution in [0.1, 0.15) is 5.69 Å². The number of aryl methyl sites for hydroxylation is 1. The van der Waals surface area contributed by atoms with E-state index in [0.717, 1.165) is 15.1 Å². The van der Waals surface area contributed by atoms with Crippen molar-refractivity contribution >= 4 is 28.8 Å². The molecule has 2 heterocycles. The average Bonchev–Trinajstić information content (AvgIpc) is 2.67. The van der Waals surface area contributed by atoms with E-state index in [0.29, 0.717) is 11.6 Å². The molecule has 0 saturated carbocycles. The van der Waals surface area contributed by atoms with Gasteiger partial charge in [-0.05, 0) is 30.8 Å². The maximum Gasteiger partial charge on any atom is 0.237 e. The Balaban J connectivity index is 2.21. The van der Waals surface area contributed by atoms with Gasteiger partial charge in [0.05, 0.1) is 12.8 Å². The molecule has 0 aliphatic rings. The van der Waals surface area contributed by atoms with Gasteiger partial charge in [-0.15, -0.1) is 11.3 Å². The second kappa shape index (κ2) is 4.71. The summed E-state index contributed by atoms with van der Waals surface area (Å²) in [6, 6.07) is 3.65. The minimum absolute atomic E-state index is 0.457. The number of nitrogen functional groups attached to an aromatic ring is 1. The zero-order valence-corrected chi connectivity index (χ0v) is 10.6. The highest BCUT2D eigenvalue weighted by atomic mass is 32.2. The zero-order valence-electron chi connectivity index (χ0n) is 8.93. The number of pyridine rings is 1. The molecular formula is C10H11N3OS2. The number of methoxy groups -OCH3 is 1. The van der Waals surface area contributed by atoms with E-state index in [9.17, 15) is 0 Å². The number of ether oxygens (including phenoxy) is 1. The molecule has 0 aromatic carbocycles. The van der Waals surface area contributed by atoms with Crippen LogP contribution in [-0.2, 0) is 0 Å². The zero-order chi connectivity index (χ0) is 11.5. The third kappa shape index (κ3) is 2.45. The van der Waals surface area contributed by atoms with Crippen molar-refractivity contribution in [3.05, 3.63) is 23.2 Å². The molecule has 0 aliphatic heterocycles. The third-order valence-electron chi connectivity index (χ3n) is 1.85. The fourth-order valence-electron chi connectivity index (χ4n) is 1.12. The van der Waals surface area contributed by atoms with Crippen LogP contribution in [-0.4, -0.2) is 17.1 Å². The van der Waals surface area contributed by atoms with Crippen LogP contribution in [0.2, 0.25) is 0 Å². The van der Waals surface area contributed by atoms with Crippen molar-refractivity contribution in [1.29, 1.82) is 0 Å². The van der Waals surface area contributed by atoms with Gasteiger partial charge in [-0.25, -0.2) is 9.97 Å². The Morgan fingerprint density at radius 3 is 2.81 bits per heavy atom. The first-order valence-electron chi connectivity index (χ1n) is 4.59. The van der Waals surface area contributed by atoms with Crippen molar-refractivity contribution in [2.75, 3.05) is 12.8 Å². The summed E-state index contributed by atoms with van der Waals surface area (Å²) >= 11 is 3.11. The van der Waals surface area contributed by atoms with E-state index < -0.39 is 0 Å². The van der Waals surface area contributed by atoms with E-state index in [2.05, 4.69) is 9.97 Å². The molecule has 2 N–H and O–H groups in total. The smallest absolute Gasteiger partial charge is 0.237 e. The van der Waals surface area contributed by atoms with Gasteiger partial charge >= 0.3 is 0 Å². The monoisotopic (exact) mass is 253 g/mol. The predicted molar refractivity (Wildman–Crippen MR) is 66.2 cm³/mol. The van der Waals surface area contributed by atoms with Crippen LogP contribution >= 0.6 is 23.1 Å². The summed E-state index contributed by atoms with van der Waals surface area (Å²) in [6.45, 7) is 1.97. The van der Waals surface area contributed by atoms with E-state index in [4.69, 9.17) is 10.5 Å². The van der Waals surface area contributed by atoms with E-state index in [1.165, 1.54) is 11.8 Å². The second-order valence-corrected chi connectivity index (χ2v) is 5.23. The molecule has 2 rings (SSSR count). The van der Waals surface area contributed by atoms with E-state index >= 15 is 0 Å². The van der Waals surface area contributed by atoms with Crippen molar-refractivity contribution in [1.82, 2.24) is 9.97 Å². The summed E-state index contributed by atoms with van der Waals surface area (Å²) in [5.41, 5.74) is 7.25. The molecule has 0 bridgehead atoms. The maximum absolute atomic E-state index is 5.69. The van der Waals surface area contributed by atoms with Crippen LogP contribution < -0.4 is 10.5 Å². The van der Waals surface area contributed by atoms with Gasteiger partial charge in [-0.2, -0.15) is 0 Å². The highest BCUT2D eigenvalue weighted by Crippen LogP contribution is 2.31. The van der Waals surface area contributed by atoms with Crippen molar-refractivity contribution < 1.29 is 4.74 Å². The second-order valence-electron chi connectivity index (χ2n) is 3.10. The Morgan fingerprint density at radius 2 is 2.19 bits per heavy atom. The molecule has 0 saturated heterocycles. The predicted octanol–water partition coefficient (Wildman–Crippen LogP) is 2.59. The van der Waals surface area contributed by atoms with Gasteiger partial charge in [0.2, 0.25) is 5.88 Å². The van der Waals surface area contributed by atoms with Gasteiger partial charge < -0.3 is 10.5 Å². The molecule has 0 radical (unpaired) electrons. The number of nitrogens with zero attached hydrogens (tertiary/aromatic N) is 2. The molecule has 0 atom stereocenters. The number of aromatic nitrogens is 2. The third-order valence-corrected chi connectivity index (χ3v) is 3.84. The molecule has 2 aromatic rings. The number of rotatable bonds is 3. The van der Waals surface area contributed by atoms with Crippen LogP contribution in [0.4, 0.5) is 5.69 Å². The molecule has 84 valence electrons. The lowest BCUT2D eigenvalue weighted by molar-refractivity contribution is 0.397. The Kier molecular flexibility index (Phi) is 3.31. The quantitative estimate of drug-likeness (QED) is 0.911.